The quantitative estimate of drug-likeness (QED) is 0.466. The number of hydrogen-bond acceptors (Lipinski definition) is 3. The van der Waals surface area contributed by atoms with Crippen LogP contribution in [0.2, 0.25) is 0 Å². The molecule has 0 heterocycles. The summed E-state index contributed by atoms with van der Waals surface area (Å²) in [5.74, 6) is 0. The van der Waals surface area contributed by atoms with Crippen molar-refractivity contribution in [2.24, 2.45) is 5.41 Å². The lowest BCUT2D eigenvalue weighted by Crippen LogP contribution is -2.19. The molecule has 0 atom stereocenters. The van der Waals surface area contributed by atoms with Crippen LogP contribution in [-0.2, 0) is 14.3 Å². The molecular formula is C11H23NO3. The second-order valence-corrected chi connectivity index (χ2v) is 4.61. The van der Waals surface area contributed by atoms with Crippen LogP contribution in [0.1, 0.15) is 27.2 Å². The van der Waals surface area contributed by atoms with Gasteiger partial charge in [0.2, 0.25) is 6.41 Å². The minimum absolute atomic E-state index is 0.328. The number of ether oxygens (including phenoxy) is 2. The van der Waals surface area contributed by atoms with Crippen LogP contribution in [0.3, 0.4) is 0 Å². The van der Waals surface area contributed by atoms with Gasteiger partial charge in [0.05, 0.1) is 19.8 Å². The zero-order valence-electron chi connectivity index (χ0n) is 10.0. The highest BCUT2D eigenvalue weighted by Gasteiger charge is 2.08. The lowest BCUT2D eigenvalue weighted by Gasteiger charge is -2.17. The summed E-state index contributed by atoms with van der Waals surface area (Å²) in [6.45, 7) is 9.67. The summed E-state index contributed by atoms with van der Waals surface area (Å²) in [6, 6.07) is 0. The third-order valence-electron chi connectivity index (χ3n) is 1.84. The van der Waals surface area contributed by atoms with E-state index in [1.54, 1.807) is 0 Å². The number of nitrogens with one attached hydrogen (secondary N) is 1. The van der Waals surface area contributed by atoms with Crippen molar-refractivity contribution in [1.29, 1.82) is 0 Å². The van der Waals surface area contributed by atoms with Crippen molar-refractivity contribution in [3.63, 3.8) is 0 Å². The summed E-state index contributed by atoms with van der Waals surface area (Å²) >= 11 is 0. The van der Waals surface area contributed by atoms with Crippen LogP contribution in [0.4, 0.5) is 0 Å². The highest BCUT2D eigenvalue weighted by molar-refractivity contribution is 5.45. The zero-order valence-corrected chi connectivity index (χ0v) is 10.0. The number of carbonyl (C=O) groups is 1. The van der Waals surface area contributed by atoms with Gasteiger partial charge in [-0.1, -0.05) is 20.8 Å². The normalized spacial score (nSPS) is 11.4. The average Bonchev–Trinajstić information content (AvgIpc) is 2.14. The van der Waals surface area contributed by atoms with Crippen LogP contribution in [0, 0.1) is 5.41 Å². The summed E-state index contributed by atoms with van der Waals surface area (Å²) in [6.07, 6.45) is 1.73. The van der Waals surface area contributed by atoms with Crippen molar-refractivity contribution < 1.29 is 14.3 Å². The van der Waals surface area contributed by atoms with Crippen molar-refractivity contribution >= 4 is 6.41 Å². The Morgan fingerprint density at radius 3 is 2.20 bits per heavy atom. The van der Waals surface area contributed by atoms with Crippen molar-refractivity contribution in [3.05, 3.63) is 0 Å². The first-order valence-electron chi connectivity index (χ1n) is 5.39. The van der Waals surface area contributed by atoms with E-state index in [-0.39, 0.29) is 0 Å². The third kappa shape index (κ3) is 13.4. The fourth-order valence-corrected chi connectivity index (χ4v) is 0.890. The van der Waals surface area contributed by atoms with Gasteiger partial charge in [-0.25, -0.2) is 0 Å². The van der Waals surface area contributed by atoms with Gasteiger partial charge in [-0.2, -0.15) is 0 Å². The van der Waals surface area contributed by atoms with Crippen molar-refractivity contribution in [3.8, 4) is 0 Å². The molecule has 0 radical (unpaired) electrons. The Morgan fingerprint density at radius 1 is 1.07 bits per heavy atom. The summed E-state index contributed by atoms with van der Waals surface area (Å²) < 4.78 is 10.6. The molecule has 0 aromatic rings. The van der Waals surface area contributed by atoms with Gasteiger partial charge in [-0.15, -0.1) is 0 Å². The van der Waals surface area contributed by atoms with Gasteiger partial charge in [0.1, 0.15) is 0 Å². The molecule has 0 bridgehead atoms. The lowest BCUT2D eigenvalue weighted by atomic mass is 9.93. The van der Waals surface area contributed by atoms with E-state index in [1.165, 1.54) is 0 Å². The first-order valence-corrected chi connectivity index (χ1v) is 5.39. The molecule has 0 saturated heterocycles. The Hall–Kier alpha value is -0.610. The Kier molecular flexibility index (Phi) is 8.33. The van der Waals surface area contributed by atoms with Crippen LogP contribution in [-0.4, -0.2) is 39.4 Å². The molecule has 1 N–H and O–H groups in total. The molecular weight excluding hydrogens is 194 g/mol. The average molecular weight is 217 g/mol. The summed E-state index contributed by atoms with van der Waals surface area (Å²) in [4.78, 5) is 9.88. The minimum atomic E-state index is 0.328. The maximum atomic E-state index is 9.88. The largest absolute Gasteiger partial charge is 0.379 e. The van der Waals surface area contributed by atoms with Gasteiger partial charge < -0.3 is 14.8 Å². The lowest BCUT2D eigenvalue weighted by molar-refractivity contribution is -0.109. The summed E-state index contributed by atoms with van der Waals surface area (Å²) in [5.41, 5.74) is 0.328. The predicted molar refractivity (Wildman–Crippen MR) is 59.8 cm³/mol. The summed E-state index contributed by atoms with van der Waals surface area (Å²) in [5, 5.41) is 2.52. The maximum Gasteiger partial charge on any atom is 0.207 e. The molecule has 0 saturated carbocycles. The van der Waals surface area contributed by atoms with Crippen LogP contribution in [0.15, 0.2) is 0 Å². The molecule has 15 heavy (non-hydrogen) atoms. The molecule has 0 aromatic heterocycles. The van der Waals surface area contributed by atoms with Gasteiger partial charge in [-0.05, 0) is 11.8 Å². The molecule has 0 aliphatic rings. The van der Waals surface area contributed by atoms with Crippen LogP contribution in [0.5, 0.6) is 0 Å². The van der Waals surface area contributed by atoms with Gasteiger partial charge in [0.15, 0.2) is 0 Å². The monoisotopic (exact) mass is 217 g/mol. The SMILES string of the molecule is CC(C)(C)CCOCCOCCNC=O. The number of carbonyl (C=O) groups excluding carboxylic acids is 1. The smallest absolute Gasteiger partial charge is 0.207 e. The third-order valence-corrected chi connectivity index (χ3v) is 1.84. The van der Waals surface area contributed by atoms with E-state index in [9.17, 15) is 4.79 Å². The van der Waals surface area contributed by atoms with Gasteiger partial charge in [0, 0.05) is 13.2 Å². The first-order chi connectivity index (χ1) is 7.06. The van der Waals surface area contributed by atoms with Gasteiger partial charge in [0.25, 0.3) is 0 Å². The van der Waals surface area contributed by atoms with Crippen molar-refractivity contribution in [1.82, 2.24) is 5.32 Å². The van der Waals surface area contributed by atoms with E-state index in [0.717, 1.165) is 13.0 Å². The van der Waals surface area contributed by atoms with Crippen LogP contribution in [0.25, 0.3) is 0 Å². The van der Waals surface area contributed by atoms with E-state index in [2.05, 4.69) is 26.1 Å². The number of hydrogen-bond donors (Lipinski definition) is 1. The second kappa shape index (κ2) is 8.68. The number of rotatable bonds is 9. The van der Waals surface area contributed by atoms with Crippen LogP contribution < -0.4 is 5.32 Å². The van der Waals surface area contributed by atoms with Gasteiger partial charge in [-0.3, -0.25) is 4.79 Å². The maximum absolute atomic E-state index is 9.88. The molecule has 0 aliphatic carbocycles. The van der Waals surface area contributed by atoms with E-state index < -0.39 is 0 Å². The standard InChI is InChI=1S/C11H23NO3/c1-11(2,3)4-6-14-8-9-15-7-5-12-10-13/h10H,4-9H2,1-3H3,(H,12,13). The Balaban J connectivity index is 3.02. The Labute approximate surface area is 92.3 Å². The Bertz CT molecular complexity index is 154. The van der Waals surface area contributed by atoms with Crippen molar-refractivity contribution in [2.75, 3.05) is 33.0 Å². The van der Waals surface area contributed by atoms with Crippen LogP contribution >= 0.6 is 0 Å². The predicted octanol–water partition coefficient (Wildman–Crippen LogP) is 1.20. The molecule has 90 valence electrons. The minimum Gasteiger partial charge on any atom is -0.379 e. The molecule has 0 unspecified atom stereocenters. The fourth-order valence-electron chi connectivity index (χ4n) is 0.890. The molecule has 0 aromatic carbocycles. The van der Waals surface area contributed by atoms with E-state index >= 15 is 0 Å². The van der Waals surface area contributed by atoms with Crippen molar-refractivity contribution in [2.45, 2.75) is 27.2 Å². The van der Waals surface area contributed by atoms with E-state index in [1.807, 2.05) is 0 Å². The van der Waals surface area contributed by atoms with E-state index in [4.69, 9.17) is 9.47 Å². The molecule has 0 spiro atoms. The first kappa shape index (κ1) is 14.4. The molecule has 0 rings (SSSR count). The topological polar surface area (TPSA) is 47.6 Å². The molecule has 4 nitrogen and oxygen atoms in total. The molecule has 4 heteroatoms. The molecule has 1 amide bonds. The van der Waals surface area contributed by atoms with E-state index in [0.29, 0.717) is 38.2 Å². The number of amides is 1. The highest BCUT2D eigenvalue weighted by atomic mass is 16.5. The zero-order chi connectivity index (χ0) is 11.6. The summed E-state index contributed by atoms with van der Waals surface area (Å²) in [7, 11) is 0. The highest BCUT2D eigenvalue weighted by Crippen LogP contribution is 2.17. The fraction of sp³-hybridized carbons (Fsp3) is 0.909. The molecule has 0 aliphatic heterocycles. The Morgan fingerprint density at radius 2 is 1.67 bits per heavy atom. The van der Waals surface area contributed by atoms with Gasteiger partial charge >= 0.3 is 0 Å². The molecule has 0 fully saturated rings. The second-order valence-electron chi connectivity index (χ2n) is 4.61.